The second-order valence-electron chi connectivity index (χ2n) is 6.14. The number of amides is 2. The van der Waals surface area contributed by atoms with Crippen molar-refractivity contribution < 1.29 is 24.2 Å². The number of nitrogens with two attached hydrogens (primary N) is 1. The summed E-state index contributed by atoms with van der Waals surface area (Å²) in [6.07, 6.45) is -0.00618. The third kappa shape index (κ3) is 7.32. The Bertz CT molecular complexity index is 594. The summed E-state index contributed by atoms with van der Waals surface area (Å²) < 4.78 is 5.07. The molecule has 1 atom stereocenters. The van der Waals surface area contributed by atoms with Crippen molar-refractivity contribution in [2.75, 3.05) is 12.3 Å². The molecular formula is C15H23N3O5S. The zero-order valence-corrected chi connectivity index (χ0v) is 14.7. The molecule has 24 heavy (non-hydrogen) atoms. The van der Waals surface area contributed by atoms with Gasteiger partial charge in [0.1, 0.15) is 11.6 Å². The average molecular weight is 357 g/mol. The highest BCUT2D eigenvalue weighted by molar-refractivity contribution is 7.17. The summed E-state index contributed by atoms with van der Waals surface area (Å²) in [7, 11) is 0. The van der Waals surface area contributed by atoms with Crippen LogP contribution in [0.1, 0.15) is 43.3 Å². The molecule has 0 saturated carbocycles. The smallest absolute Gasteiger partial charge is 0.407 e. The predicted molar refractivity (Wildman–Crippen MR) is 91.1 cm³/mol. The number of aliphatic carboxylic acids is 1. The Morgan fingerprint density at radius 1 is 1.33 bits per heavy atom. The van der Waals surface area contributed by atoms with Gasteiger partial charge in [-0.15, -0.1) is 11.3 Å². The van der Waals surface area contributed by atoms with Crippen LogP contribution in [0.15, 0.2) is 12.1 Å². The fourth-order valence-electron chi connectivity index (χ4n) is 1.77. The Labute approximate surface area is 144 Å². The Hall–Kier alpha value is -2.29. The van der Waals surface area contributed by atoms with E-state index in [0.29, 0.717) is 16.3 Å². The lowest BCUT2D eigenvalue weighted by Crippen LogP contribution is -2.41. The van der Waals surface area contributed by atoms with Crippen molar-refractivity contribution in [2.24, 2.45) is 0 Å². The monoisotopic (exact) mass is 357 g/mol. The van der Waals surface area contributed by atoms with E-state index in [2.05, 4.69) is 10.6 Å². The molecule has 1 aromatic rings. The third-order valence-electron chi connectivity index (χ3n) is 2.79. The molecule has 2 amide bonds. The predicted octanol–water partition coefficient (Wildman–Crippen LogP) is 1.82. The van der Waals surface area contributed by atoms with Crippen LogP contribution in [-0.2, 0) is 9.53 Å². The quantitative estimate of drug-likeness (QED) is 0.551. The van der Waals surface area contributed by atoms with E-state index in [1.165, 1.54) is 6.07 Å². The van der Waals surface area contributed by atoms with Crippen molar-refractivity contribution in [1.29, 1.82) is 0 Å². The first kappa shape index (κ1) is 19.8. The summed E-state index contributed by atoms with van der Waals surface area (Å²) in [5.41, 5.74) is 4.95. The maximum Gasteiger partial charge on any atom is 0.407 e. The van der Waals surface area contributed by atoms with Gasteiger partial charge >= 0.3 is 12.1 Å². The molecule has 0 saturated heterocycles. The van der Waals surface area contributed by atoms with E-state index < -0.39 is 29.6 Å². The number of thiophene rings is 1. The van der Waals surface area contributed by atoms with Crippen LogP contribution in [0.4, 0.5) is 9.80 Å². The molecule has 0 radical (unpaired) electrons. The second-order valence-corrected chi connectivity index (χ2v) is 7.25. The van der Waals surface area contributed by atoms with Gasteiger partial charge in [-0.3, -0.25) is 4.79 Å². The molecular weight excluding hydrogens is 334 g/mol. The topological polar surface area (TPSA) is 131 Å². The zero-order valence-electron chi connectivity index (χ0n) is 13.9. The normalized spacial score (nSPS) is 12.3. The van der Waals surface area contributed by atoms with Crippen LogP contribution in [0.3, 0.4) is 0 Å². The first-order chi connectivity index (χ1) is 11.1. The van der Waals surface area contributed by atoms with Crippen molar-refractivity contribution in [3.63, 3.8) is 0 Å². The van der Waals surface area contributed by atoms with Crippen LogP contribution in [-0.4, -0.2) is 41.3 Å². The number of carbonyl (C=O) groups is 3. The molecule has 0 unspecified atom stereocenters. The minimum atomic E-state index is -1.13. The molecule has 0 aliphatic rings. The molecule has 9 heteroatoms. The van der Waals surface area contributed by atoms with Gasteiger partial charge in [0.25, 0.3) is 5.91 Å². The molecule has 0 spiro atoms. The SMILES string of the molecule is CC(C)(C)OC(=O)NCCC[C@H](NC(=O)c1ccc(N)s1)C(=O)O. The van der Waals surface area contributed by atoms with E-state index in [0.717, 1.165) is 11.3 Å². The van der Waals surface area contributed by atoms with Gasteiger partial charge in [-0.2, -0.15) is 0 Å². The minimum Gasteiger partial charge on any atom is -0.480 e. The lowest BCUT2D eigenvalue weighted by Gasteiger charge is -2.20. The number of ether oxygens (including phenoxy) is 1. The van der Waals surface area contributed by atoms with Crippen molar-refractivity contribution in [3.05, 3.63) is 17.0 Å². The van der Waals surface area contributed by atoms with Gasteiger partial charge in [-0.1, -0.05) is 0 Å². The second kappa shape index (κ2) is 8.53. The highest BCUT2D eigenvalue weighted by atomic mass is 32.1. The molecule has 5 N–H and O–H groups in total. The molecule has 0 aliphatic heterocycles. The fourth-order valence-corrected chi connectivity index (χ4v) is 2.45. The van der Waals surface area contributed by atoms with E-state index in [-0.39, 0.29) is 13.0 Å². The standard InChI is InChI=1S/C15H23N3O5S/c1-15(2,3)23-14(22)17-8-4-5-9(13(20)21)18-12(19)10-6-7-11(16)24-10/h6-7,9H,4-5,8,16H2,1-3H3,(H,17,22)(H,18,19)(H,20,21)/t9-/m0/s1. The number of rotatable bonds is 7. The van der Waals surface area contributed by atoms with Crippen LogP contribution in [0.2, 0.25) is 0 Å². The van der Waals surface area contributed by atoms with Gasteiger partial charge in [0.05, 0.1) is 9.88 Å². The number of hydrogen-bond acceptors (Lipinski definition) is 6. The fraction of sp³-hybridized carbons (Fsp3) is 0.533. The maximum absolute atomic E-state index is 12.0. The summed E-state index contributed by atoms with van der Waals surface area (Å²) in [4.78, 5) is 35.0. The number of carboxylic acid groups (broad SMARTS) is 1. The Kier molecular flexibility index (Phi) is 7.02. The van der Waals surface area contributed by atoms with Gasteiger partial charge in [0.15, 0.2) is 0 Å². The van der Waals surface area contributed by atoms with Gasteiger partial charge in [0, 0.05) is 6.54 Å². The third-order valence-corrected chi connectivity index (χ3v) is 3.70. The lowest BCUT2D eigenvalue weighted by molar-refractivity contribution is -0.139. The van der Waals surface area contributed by atoms with Crippen molar-refractivity contribution in [2.45, 2.75) is 45.3 Å². The van der Waals surface area contributed by atoms with Gasteiger partial charge in [0.2, 0.25) is 0 Å². The van der Waals surface area contributed by atoms with Crippen molar-refractivity contribution in [3.8, 4) is 0 Å². The highest BCUT2D eigenvalue weighted by Crippen LogP contribution is 2.18. The summed E-state index contributed by atoms with van der Waals surface area (Å²) in [6, 6.07) is 2.08. The maximum atomic E-state index is 12.0. The molecule has 1 aromatic heterocycles. The van der Waals surface area contributed by atoms with Crippen LogP contribution in [0, 0.1) is 0 Å². The number of alkyl carbamates (subject to hydrolysis) is 1. The van der Waals surface area contributed by atoms with Gasteiger partial charge in [-0.25, -0.2) is 9.59 Å². The van der Waals surface area contributed by atoms with Gasteiger partial charge in [-0.05, 0) is 45.7 Å². The Morgan fingerprint density at radius 2 is 2.00 bits per heavy atom. The molecule has 134 valence electrons. The number of nitrogen functional groups attached to an aromatic ring is 1. The number of anilines is 1. The number of hydrogen-bond donors (Lipinski definition) is 4. The summed E-state index contributed by atoms with van der Waals surface area (Å²) in [5, 5.41) is 14.7. The molecule has 8 nitrogen and oxygen atoms in total. The first-order valence-corrected chi connectivity index (χ1v) is 8.26. The minimum absolute atomic E-state index is 0.178. The van der Waals surface area contributed by atoms with Crippen molar-refractivity contribution in [1.82, 2.24) is 10.6 Å². The summed E-state index contributed by atoms with van der Waals surface area (Å²) in [5.74, 6) is -1.62. The average Bonchev–Trinajstić information content (AvgIpc) is 2.86. The lowest BCUT2D eigenvalue weighted by atomic mass is 10.1. The number of carbonyl (C=O) groups excluding carboxylic acids is 2. The molecule has 0 aromatic carbocycles. The highest BCUT2D eigenvalue weighted by Gasteiger charge is 2.21. The Morgan fingerprint density at radius 3 is 2.50 bits per heavy atom. The Balaban J connectivity index is 2.40. The van der Waals surface area contributed by atoms with Gasteiger partial charge < -0.3 is 26.2 Å². The van der Waals surface area contributed by atoms with Crippen LogP contribution in [0.5, 0.6) is 0 Å². The summed E-state index contributed by atoms with van der Waals surface area (Å²) >= 11 is 1.09. The number of nitrogens with one attached hydrogen (secondary N) is 2. The molecule has 0 aliphatic carbocycles. The number of carboxylic acids is 1. The van der Waals surface area contributed by atoms with E-state index in [1.54, 1.807) is 26.8 Å². The molecule has 0 bridgehead atoms. The van der Waals surface area contributed by atoms with Crippen LogP contribution < -0.4 is 16.4 Å². The van der Waals surface area contributed by atoms with E-state index in [1.807, 2.05) is 0 Å². The molecule has 1 rings (SSSR count). The van der Waals surface area contributed by atoms with E-state index in [4.69, 9.17) is 10.5 Å². The van der Waals surface area contributed by atoms with E-state index in [9.17, 15) is 19.5 Å². The zero-order chi connectivity index (χ0) is 18.3. The van der Waals surface area contributed by atoms with E-state index >= 15 is 0 Å². The molecule has 1 heterocycles. The van der Waals surface area contributed by atoms with Crippen molar-refractivity contribution >= 4 is 34.3 Å². The first-order valence-electron chi connectivity index (χ1n) is 7.44. The molecule has 0 fully saturated rings. The summed E-state index contributed by atoms with van der Waals surface area (Å²) in [6.45, 7) is 5.50. The largest absolute Gasteiger partial charge is 0.480 e. The van der Waals surface area contributed by atoms with Crippen LogP contribution in [0.25, 0.3) is 0 Å². The van der Waals surface area contributed by atoms with Crippen LogP contribution >= 0.6 is 11.3 Å².